The average molecular weight is 1360 g/mol. The molecule has 29 nitrogen and oxygen atoms in total. The number of aromatic nitrogens is 2. The first-order chi connectivity index (χ1) is 46.5. The molecule has 0 fully saturated rings. The lowest BCUT2D eigenvalue weighted by atomic mass is 9.89. The normalized spacial score (nSPS) is 14.2. The van der Waals surface area contributed by atoms with E-state index in [1.54, 1.807) is 73.3 Å². The molecule has 514 valence electrons. The van der Waals surface area contributed by atoms with Crippen molar-refractivity contribution in [2.75, 3.05) is 87.6 Å². The Morgan fingerprint density at radius 2 is 1.54 bits per heavy atom. The summed E-state index contributed by atoms with van der Waals surface area (Å²) in [6.07, 6.45) is 2.19. The number of carboxylic acid groups (broad SMARTS) is 1. The quantitative estimate of drug-likeness (QED) is 0.0114. The minimum Gasteiger partial charge on any atom is -0.508 e. The van der Waals surface area contributed by atoms with Crippen molar-refractivity contribution in [1.82, 2.24) is 35.3 Å². The first kappa shape index (κ1) is 72.2. The van der Waals surface area contributed by atoms with E-state index in [1.807, 2.05) is 12.1 Å². The van der Waals surface area contributed by atoms with E-state index in [9.17, 15) is 63.0 Å². The number of imide groups is 1. The number of alkyl halides is 1. The molecule has 0 spiro atoms. The van der Waals surface area contributed by atoms with Crippen LogP contribution in [-0.4, -0.2) is 185 Å². The van der Waals surface area contributed by atoms with E-state index in [0.717, 1.165) is 22.6 Å². The molecule has 2 aliphatic heterocycles. The van der Waals surface area contributed by atoms with Crippen LogP contribution in [0.4, 0.5) is 36.2 Å². The Kier molecular flexibility index (Phi) is 25.4. The number of aromatic hydroxyl groups is 1. The Hall–Kier alpha value is -10.7. The number of Topliss-reactive ketones (excluding diaryl/α,β-unsaturated/α-hetero) is 1. The maximum absolute atomic E-state index is 14.6. The summed E-state index contributed by atoms with van der Waals surface area (Å²) in [4.78, 5) is 155. The highest BCUT2D eigenvalue weighted by Gasteiger charge is 2.37. The molecule has 0 unspecified atom stereocenters. The maximum Gasteiger partial charge on any atom is 0.415 e. The molecule has 30 heteroatoms. The fourth-order valence-electron chi connectivity index (χ4n) is 10.9. The number of likely N-dealkylation sites (N-methyl/N-ethyl adjacent to an activating group) is 1. The van der Waals surface area contributed by atoms with Gasteiger partial charge in [0.05, 0.1) is 43.4 Å². The number of carbonyl (C=O) groups excluding carboxylic acids is 10. The Morgan fingerprint density at radius 3 is 2.23 bits per heavy atom. The summed E-state index contributed by atoms with van der Waals surface area (Å²) < 4.78 is 22.4. The number of carbonyl (C=O) groups is 11. The number of aromatic amines is 1. The van der Waals surface area contributed by atoms with Crippen molar-refractivity contribution in [2.24, 2.45) is 23.3 Å². The summed E-state index contributed by atoms with van der Waals surface area (Å²) in [5.41, 5.74) is 14.3. The predicted molar refractivity (Wildman–Crippen MR) is 356 cm³/mol. The van der Waals surface area contributed by atoms with Gasteiger partial charge in [-0.05, 0) is 103 Å². The van der Waals surface area contributed by atoms with Crippen LogP contribution in [0.2, 0.25) is 0 Å². The second kappa shape index (κ2) is 34.1. The van der Waals surface area contributed by atoms with E-state index in [2.05, 4.69) is 31.2 Å². The van der Waals surface area contributed by atoms with Crippen LogP contribution < -0.4 is 42.4 Å². The highest BCUT2D eigenvalue weighted by molar-refractivity contribution is 6.19. The molecule has 0 aliphatic carbocycles. The number of H-pyrrole nitrogens is 1. The third-order valence-electron chi connectivity index (χ3n) is 16.2. The third kappa shape index (κ3) is 19.7. The number of alkyl carbamates (subject to hydrolysis) is 1. The third-order valence-corrected chi connectivity index (χ3v) is 16.5. The zero-order chi connectivity index (χ0) is 69.9. The number of phenols is 1. The zero-order valence-corrected chi connectivity index (χ0v) is 54.3. The van der Waals surface area contributed by atoms with Crippen molar-refractivity contribution >= 4 is 116 Å². The van der Waals surface area contributed by atoms with Gasteiger partial charge in [-0.2, -0.15) is 0 Å². The number of rotatable bonds is 33. The molecular weight excluding hydrogens is 1280 g/mol. The Morgan fingerprint density at radius 1 is 0.814 bits per heavy atom. The van der Waals surface area contributed by atoms with Crippen molar-refractivity contribution in [3.05, 3.63) is 132 Å². The first-order valence-electron chi connectivity index (χ1n) is 31.3. The number of anilines is 3. The number of amides is 10. The molecule has 0 bridgehead atoms. The van der Waals surface area contributed by atoms with Gasteiger partial charge in [-0.1, -0.05) is 50.2 Å². The number of phenolic OH excluding ortho intramolecular Hbond substituents is 1. The molecule has 4 aromatic carbocycles. The fourth-order valence-corrected chi connectivity index (χ4v) is 11.2. The Bertz CT molecular complexity index is 3900. The van der Waals surface area contributed by atoms with Gasteiger partial charge in [0.15, 0.2) is 5.78 Å². The molecule has 6 aromatic rings. The van der Waals surface area contributed by atoms with E-state index in [-0.39, 0.29) is 120 Å². The van der Waals surface area contributed by atoms with E-state index < -0.39 is 89.5 Å². The van der Waals surface area contributed by atoms with Crippen LogP contribution in [0.25, 0.3) is 21.8 Å². The molecule has 2 aromatic heterocycles. The van der Waals surface area contributed by atoms with Crippen LogP contribution in [-0.2, 0) is 44.8 Å². The number of nitrogens with one attached hydrogen (secondary N) is 5. The first-order valence-corrected chi connectivity index (χ1v) is 31.9. The number of carboxylic acids is 1. The number of ether oxygens (including phenoxy) is 4. The van der Waals surface area contributed by atoms with E-state index in [0.29, 0.717) is 62.8 Å². The largest absolute Gasteiger partial charge is 0.508 e. The molecule has 97 heavy (non-hydrogen) atoms. The van der Waals surface area contributed by atoms with E-state index >= 15 is 0 Å². The van der Waals surface area contributed by atoms with E-state index in [4.69, 9.17) is 42.0 Å². The van der Waals surface area contributed by atoms with Crippen LogP contribution in [0.15, 0.2) is 109 Å². The number of nitrogens with zero attached hydrogens (tertiary/aromatic N) is 5. The average Bonchev–Trinajstić information content (AvgIpc) is 1.61. The molecule has 0 saturated carbocycles. The smallest absolute Gasteiger partial charge is 0.415 e. The minimum absolute atomic E-state index is 0.00976. The summed E-state index contributed by atoms with van der Waals surface area (Å²) in [6.45, 7) is 3.25. The van der Waals surface area contributed by atoms with Gasteiger partial charge in [0.25, 0.3) is 23.6 Å². The molecule has 11 N–H and O–H groups in total. The Labute approximate surface area is 562 Å². The molecule has 8 rings (SSSR count). The lowest BCUT2D eigenvalue weighted by Crippen LogP contribution is -2.46. The van der Waals surface area contributed by atoms with Crippen LogP contribution in [0.1, 0.15) is 90.3 Å². The number of aliphatic carboxylic acids is 1. The monoisotopic (exact) mass is 1360 g/mol. The van der Waals surface area contributed by atoms with Gasteiger partial charge in [0.1, 0.15) is 42.1 Å². The predicted octanol–water partition coefficient (Wildman–Crippen LogP) is 6.96. The van der Waals surface area contributed by atoms with Crippen molar-refractivity contribution in [3.63, 3.8) is 0 Å². The Balaban J connectivity index is 0.876. The van der Waals surface area contributed by atoms with Gasteiger partial charge in [0.2, 0.25) is 5.91 Å². The number of hydrogen-bond donors (Lipinski definition) is 9. The van der Waals surface area contributed by atoms with Crippen LogP contribution in [0, 0.1) is 11.8 Å². The number of fused-ring (bicyclic) bond motifs is 4. The van der Waals surface area contributed by atoms with E-state index in [1.165, 1.54) is 47.3 Å². The number of ketones is 1. The number of benzene rings is 4. The van der Waals surface area contributed by atoms with Crippen LogP contribution in [0.5, 0.6) is 11.5 Å². The number of urea groups is 1. The van der Waals surface area contributed by atoms with Crippen molar-refractivity contribution < 1.29 is 81.9 Å². The molecule has 2 aliphatic rings. The fraction of sp³-hybridized carbons (Fsp3) is 0.373. The topological polar surface area (TPSA) is 407 Å². The minimum atomic E-state index is -1.17. The van der Waals surface area contributed by atoms with Crippen LogP contribution in [0.3, 0.4) is 0 Å². The van der Waals surface area contributed by atoms with Crippen LogP contribution >= 0.6 is 11.6 Å². The lowest BCUT2D eigenvalue weighted by Gasteiger charge is -2.26. The maximum atomic E-state index is 14.6. The molecular formula is C67H77ClN12O17. The number of hydrogen-bond acceptors (Lipinski definition) is 18. The highest BCUT2D eigenvalue weighted by atomic mass is 35.5. The highest BCUT2D eigenvalue weighted by Crippen LogP contribution is 2.46. The zero-order valence-electron chi connectivity index (χ0n) is 53.6. The number of pyridine rings is 1. The summed E-state index contributed by atoms with van der Waals surface area (Å²) >= 11 is 6.61. The van der Waals surface area contributed by atoms with Gasteiger partial charge < -0.3 is 81.6 Å². The number of nitrogens with two attached hydrogens (primary N) is 2. The molecule has 10 amide bonds. The van der Waals surface area contributed by atoms with Gasteiger partial charge in [0, 0.05) is 104 Å². The second-order valence-electron chi connectivity index (χ2n) is 23.5. The van der Waals surface area contributed by atoms with Gasteiger partial charge in [-0.3, -0.25) is 38.5 Å². The lowest BCUT2D eigenvalue weighted by molar-refractivity contribution is -0.139. The summed E-state index contributed by atoms with van der Waals surface area (Å²) in [7, 11) is 1.48. The standard InChI is InChI=1S/C67H77ClN12O17/c1-39(2)58(76-65(91)95-30-29-94-28-27-79-55(83)21-22-56(79)84)53(82)33-42(9-8-23-71-64(70)90)61(86)73-45-17-13-40(14-18-45)38-96-66(92)77(3)25-26-78(24-7-6-12-50(69)63(88)89)67(93)97-54-34-52-57(49-11-5-4-10-48(49)54)44(35-68)37-80(52)62(87)51-32-43-31-46(36-72-59(43)75-51)74-60(85)41-15-19-47(81)20-16-41/h4-5,10-11,13-22,31-32,34,36,39,42,44,50,58,81H,6-9,12,23-30,33,35,37-38,69H2,1-3H3,(H,72,75)(H,73,86)(H,74,85)(H,76,91)(H,88,89)(H3,70,71,90)/t42-,44-,50+,58+/m1/s1. The number of unbranched alkanes of at least 4 members (excludes halogenated alkanes) is 1. The molecule has 4 atom stereocenters. The summed E-state index contributed by atoms with van der Waals surface area (Å²) in [5.74, 6) is -5.32. The van der Waals surface area contributed by atoms with Crippen molar-refractivity contribution in [1.29, 1.82) is 0 Å². The van der Waals surface area contributed by atoms with Gasteiger partial charge in [-0.25, -0.2) is 24.2 Å². The molecule has 0 radical (unpaired) electrons. The molecule has 0 saturated heterocycles. The number of primary amides is 1. The summed E-state index contributed by atoms with van der Waals surface area (Å²) in [5, 5.41) is 31.5. The van der Waals surface area contributed by atoms with Gasteiger partial charge >= 0.3 is 30.3 Å². The van der Waals surface area contributed by atoms with Gasteiger partial charge in [-0.15, -0.1) is 11.6 Å². The summed E-state index contributed by atoms with van der Waals surface area (Å²) in [6, 6.07) is 21.3. The number of halogens is 1. The molecule has 4 heterocycles. The second-order valence-corrected chi connectivity index (χ2v) is 23.8. The van der Waals surface area contributed by atoms with Crippen molar-refractivity contribution in [2.45, 2.75) is 77.0 Å². The SMILES string of the molecule is CC(C)[C@H](NC(=O)OCCOCCN1C(=O)C=CC1=O)C(=O)C[C@@H](CCCNC(N)=O)C(=O)Nc1ccc(COC(=O)N(C)CCN(CCCC[C@H](N)C(=O)O)C(=O)Oc2cc3c(c4ccccc24)[C@H](CCl)CN3C(=O)c2cc3cc(NC(=O)c4ccc(O)cc4)cnc3[nH]2)cc1. The van der Waals surface area contributed by atoms with Crippen molar-refractivity contribution in [3.8, 4) is 11.5 Å².